The average Bonchev–Trinajstić information content (AvgIpc) is 2.75. The van der Waals surface area contributed by atoms with Crippen LogP contribution < -0.4 is 10.1 Å². The topological polar surface area (TPSA) is 105 Å². The van der Waals surface area contributed by atoms with Gasteiger partial charge in [0.15, 0.2) is 0 Å². The van der Waals surface area contributed by atoms with E-state index in [0.29, 0.717) is 28.3 Å². The van der Waals surface area contributed by atoms with Gasteiger partial charge in [-0.15, -0.1) is 0 Å². The first kappa shape index (κ1) is 20.3. The molecule has 0 heterocycles. The van der Waals surface area contributed by atoms with Crippen LogP contribution in [-0.2, 0) is 4.79 Å². The number of benzene rings is 3. The van der Waals surface area contributed by atoms with Crippen molar-refractivity contribution in [3.05, 3.63) is 99.6 Å². The Kier molecular flexibility index (Phi) is 6.20. The largest absolute Gasteiger partial charge is 0.457 e. The normalized spacial score (nSPS) is 10.4. The van der Waals surface area contributed by atoms with E-state index in [-0.39, 0.29) is 11.6 Å². The van der Waals surface area contributed by atoms with Crippen LogP contribution in [0.2, 0.25) is 0 Å². The van der Waals surface area contributed by atoms with Gasteiger partial charge in [-0.2, -0.15) is 5.26 Å². The summed E-state index contributed by atoms with van der Waals surface area (Å²) in [5.74, 6) is 0.845. The molecule has 0 fully saturated rings. The molecule has 7 heteroatoms. The van der Waals surface area contributed by atoms with E-state index in [1.54, 1.807) is 54.6 Å². The number of aryl methyl sites for hydroxylation is 1. The highest BCUT2D eigenvalue weighted by Crippen LogP contribution is 2.26. The fourth-order valence-electron chi connectivity index (χ4n) is 2.66. The number of anilines is 1. The molecule has 1 amide bonds. The second-order valence-corrected chi connectivity index (χ2v) is 6.39. The number of non-ortho nitro benzene ring substituents is 1. The van der Waals surface area contributed by atoms with Crippen LogP contribution in [-0.4, -0.2) is 10.8 Å². The van der Waals surface area contributed by atoms with Crippen molar-refractivity contribution in [3.8, 4) is 17.6 Å². The summed E-state index contributed by atoms with van der Waals surface area (Å²) in [5, 5.41) is 22.4. The summed E-state index contributed by atoms with van der Waals surface area (Å²) in [6.07, 6.45) is 2.83. The first-order valence-corrected chi connectivity index (χ1v) is 8.97. The van der Waals surface area contributed by atoms with Crippen LogP contribution in [0, 0.1) is 28.4 Å². The van der Waals surface area contributed by atoms with E-state index in [9.17, 15) is 14.9 Å². The SMILES string of the molecule is Cc1cc(Oc2ccc(C#N)cc2)ccc1NC(=O)/C=C/c1cccc([N+](=O)[O-])c1. The van der Waals surface area contributed by atoms with E-state index in [4.69, 9.17) is 10.00 Å². The fourth-order valence-corrected chi connectivity index (χ4v) is 2.66. The van der Waals surface area contributed by atoms with Crippen LogP contribution in [0.5, 0.6) is 11.5 Å². The van der Waals surface area contributed by atoms with E-state index in [1.165, 1.54) is 24.3 Å². The number of nitriles is 1. The second kappa shape index (κ2) is 9.17. The number of carbonyl (C=O) groups excluding carboxylic acids is 1. The number of nitrogens with zero attached hydrogens (tertiary/aromatic N) is 2. The first-order chi connectivity index (χ1) is 14.4. The zero-order valence-corrected chi connectivity index (χ0v) is 16.0. The molecule has 30 heavy (non-hydrogen) atoms. The van der Waals surface area contributed by atoms with Gasteiger partial charge in [0.2, 0.25) is 5.91 Å². The summed E-state index contributed by atoms with van der Waals surface area (Å²) in [4.78, 5) is 22.5. The minimum absolute atomic E-state index is 0.0359. The third-order valence-corrected chi connectivity index (χ3v) is 4.18. The number of rotatable bonds is 6. The number of nitrogens with one attached hydrogen (secondary N) is 1. The standard InChI is InChI=1S/C23H17N3O4/c1-16-13-21(30-20-8-5-18(15-24)6-9-20)10-11-22(16)25-23(27)12-7-17-3-2-4-19(14-17)26(28)29/h2-14H,1H3,(H,25,27)/b12-7+. The van der Waals surface area contributed by atoms with E-state index in [2.05, 4.69) is 5.32 Å². The van der Waals surface area contributed by atoms with Gasteiger partial charge >= 0.3 is 0 Å². The Morgan fingerprint density at radius 1 is 1.10 bits per heavy atom. The van der Waals surface area contributed by atoms with Gasteiger partial charge < -0.3 is 10.1 Å². The quantitative estimate of drug-likeness (QED) is 0.348. The van der Waals surface area contributed by atoms with E-state index >= 15 is 0 Å². The van der Waals surface area contributed by atoms with E-state index in [1.807, 2.05) is 13.0 Å². The lowest BCUT2D eigenvalue weighted by Crippen LogP contribution is -2.08. The van der Waals surface area contributed by atoms with Crippen molar-refractivity contribution in [3.63, 3.8) is 0 Å². The van der Waals surface area contributed by atoms with E-state index in [0.717, 1.165) is 5.56 Å². The molecule has 0 bridgehead atoms. The van der Waals surface area contributed by atoms with Gasteiger partial charge in [0, 0.05) is 23.9 Å². The maximum absolute atomic E-state index is 12.2. The summed E-state index contributed by atoms with van der Waals surface area (Å²) in [7, 11) is 0. The van der Waals surface area contributed by atoms with E-state index < -0.39 is 4.92 Å². The van der Waals surface area contributed by atoms with Gasteiger partial charge in [-0.3, -0.25) is 14.9 Å². The lowest BCUT2D eigenvalue weighted by atomic mass is 10.1. The highest BCUT2D eigenvalue weighted by Gasteiger charge is 2.06. The Hall–Kier alpha value is -4.44. The predicted molar refractivity (Wildman–Crippen MR) is 113 cm³/mol. The van der Waals surface area contributed by atoms with Crippen molar-refractivity contribution in [1.29, 1.82) is 5.26 Å². The van der Waals surface area contributed by atoms with Gasteiger partial charge in [-0.1, -0.05) is 12.1 Å². The number of nitro benzene ring substituents is 1. The summed E-state index contributed by atoms with van der Waals surface area (Å²) in [6.45, 7) is 1.84. The van der Waals surface area contributed by atoms with Crippen molar-refractivity contribution in [2.45, 2.75) is 6.92 Å². The lowest BCUT2D eigenvalue weighted by molar-refractivity contribution is -0.384. The van der Waals surface area contributed by atoms with Crippen molar-refractivity contribution < 1.29 is 14.5 Å². The first-order valence-electron chi connectivity index (χ1n) is 8.97. The average molecular weight is 399 g/mol. The molecule has 0 saturated heterocycles. The van der Waals surface area contributed by atoms with Gasteiger partial charge in [0.1, 0.15) is 11.5 Å². The molecule has 0 atom stereocenters. The summed E-state index contributed by atoms with van der Waals surface area (Å²) < 4.78 is 5.76. The van der Waals surface area contributed by atoms with Crippen LogP contribution >= 0.6 is 0 Å². The Balaban J connectivity index is 1.65. The molecule has 0 aliphatic rings. The minimum Gasteiger partial charge on any atom is -0.457 e. The monoisotopic (exact) mass is 399 g/mol. The maximum Gasteiger partial charge on any atom is 0.270 e. The Morgan fingerprint density at radius 3 is 2.50 bits per heavy atom. The lowest BCUT2D eigenvalue weighted by Gasteiger charge is -2.10. The molecule has 0 unspecified atom stereocenters. The van der Waals surface area contributed by atoms with Crippen LogP contribution in [0.25, 0.3) is 6.08 Å². The molecule has 0 spiro atoms. The molecule has 7 nitrogen and oxygen atoms in total. The summed E-state index contributed by atoms with van der Waals surface area (Å²) in [6, 6.07) is 20.1. The third-order valence-electron chi connectivity index (χ3n) is 4.18. The number of ether oxygens (including phenoxy) is 1. The molecular weight excluding hydrogens is 382 g/mol. The Bertz CT molecular complexity index is 1160. The van der Waals surface area contributed by atoms with Gasteiger partial charge in [0.25, 0.3) is 5.69 Å². The van der Waals surface area contributed by atoms with Crippen LogP contribution in [0.1, 0.15) is 16.7 Å². The summed E-state index contributed by atoms with van der Waals surface area (Å²) in [5.41, 5.74) is 2.50. The zero-order valence-electron chi connectivity index (χ0n) is 16.0. The van der Waals surface area contributed by atoms with Crippen LogP contribution in [0.15, 0.2) is 72.8 Å². The van der Waals surface area contributed by atoms with Gasteiger partial charge in [-0.25, -0.2) is 0 Å². The third kappa shape index (κ3) is 5.30. The number of nitro groups is 1. The van der Waals surface area contributed by atoms with Crippen LogP contribution in [0.3, 0.4) is 0 Å². The van der Waals surface area contributed by atoms with Gasteiger partial charge in [0.05, 0.1) is 16.6 Å². The maximum atomic E-state index is 12.2. The van der Waals surface area contributed by atoms with Crippen molar-refractivity contribution in [2.24, 2.45) is 0 Å². The molecule has 3 aromatic carbocycles. The van der Waals surface area contributed by atoms with Crippen molar-refractivity contribution >= 4 is 23.4 Å². The number of hydrogen-bond donors (Lipinski definition) is 1. The Morgan fingerprint density at radius 2 is 1.83 bits per heavy atom. The zero-order chi connectivity index (χ0) is 21.5. The molecule has 0 saturated carbocycles. The molecule has 148 valence electrons. The summed E-state index contributed by atoms with van der Waals surface area (Å²) >= 11 is 0. The van der Waals surface area contributed by atoms with Crippen LogP contribution in [0.4, 0.5) is 11.4 Å². The van der Waals surface area contributed by atoms with Crippen molar-refractivity contribution in [1.82, 2.24) is 0 Å². The highest BCUT2D eigenvalue weighted by atomic mass is 16.6. The Labute approximate surface area is 173 Å². The number of carbonyl (C=O) groups is 1. The number of hydrogen-bond acceptors (Lipinski definition) is 5. The molecule has 0 radical (unpaired) electrons. The molecular formula is C23H17N3O4. The second-order valence-electron chi connectivity index (χ2n) is 6.39. The number of amides is 1. The molecule has 0 aromatic heterocycles. The highest BCUT2D eigenvalue weighted by molar-refractivity contribution is 6.02. The predicted octanol–water partition coefficient (Wildman–Crippen LogP) is 5.22. The molecule has 1 N–H and O–H groups in total. The molecule has 3 aromatic rings. The molecule has 0 aliphatic heterocycles. The minimum atomic E-state index is -0.484. The van der Waals surface area contributed by atoms with Crippen molar-refractivity contribution in [2.75, 3.05) is 5.32 Å². The fraction of sp³-hybridized carbons (Fsp3) is 0.0435. The molecule has 3 rings (SSSR count). The van der Waals surface area contributed by atoms with Gasteiger partial charge in [-0.05, 0) is 66.6 Å². The smallest absolute Gasteiger partial charge is 0.270 e. The molecule has 0 aliphatic carbocycles.